The average Bonchev–Trinajstić information content (AvgIpc) is 3.33. The summed E-state index contributed by atoms with van der Waals surface area (Å²) in [7, 11) is 1.72. The lowest BCUT2D eigenvalue weighted by Crippen LogP contribution is -2.32. The first-order chi connectivity index (χ1) is 10.7. The first-order valence-corrected chi connectivity index (χ1v) is 8.03. The van der Waals surface area contributed by atoms with Crippen molar-refractivity contribution in [2.24, 2.45) is 0 Å². The number of amides is 1. The minimum absolute atomic E-state index is 0.0373. The zero-order valence-corrected chi connectivity index (χ0v) is 13.3. The quantitative estimate of drug-likeness (QED) is 0.881. The van der Waals surface area contributed by atoms with Crippen LogP contribution in [0.4, 0.5) is 0 Å². The van der Waals surface area contributed by atoms with Crippen molar-refractivity contribution in [3.05, 3.63) is 42.0 Å². The number of methoxy groups -OCH3 is 1. The van der Waals surface area contributed by atoms with Crippen molar-refractivity contribution in [1.29, 1.82) is 0 Å². The van der Waals surface area contributed by atoms with Gasteiger partial charge in [-0.15, -0.1) is 0 Å². The summed E-state index contributed by atoms with van der Waals surface area (Å²) >= 11 is 0. The van der Waals surface area contributed by atoms with E-state index in [9.17, 15) is 4.79 Å². The van der Waals surface area contributed by atoms with Crippen LogP contribution in [0.3, 0.4) is 0 Å². The van der Waals surface area contributed by atoms with Crippen molar-refractivity contribution in [3.63, 3.8) is 0 Å². The molecule has 0 bridgehead atoms. The van der Waals surface area contributed by atoms with Crippen LogP contribution in [-0.2, 0) is 10.2 Å². The summed E-state index contributed by atoms with van der Waals surface area (Å²) in [6.07, 6.45) is 3.69. The van der Waals surface area contributed by atoms with Crippen LogP contribution in [0.5, 0.6) is 5.75 Å². The highest BCUT2D eigenvalue weighted by atomic mass is 16.5. The van der Waals surface area contributed by atoms with E-state index in [4.69, 9.17) is 4.74 Å². The van der Waals surface area contributed by atoms with Crippen molar-refractivity contribution >= 4 is 16.7 Å². The third kappa shape index (κ3) is 2.68. The molecule has 1 amide bonds. The molecule has 2 aromatic carbocycles. The van der Waals surface area contributed by atoms with Gasteiger partial charge in [0.25, 0.3) is 0 Å². The van der Waals surface area contributed by atoms with Crippen molar-refractivity contribution < 1.29 is 9.53 Å². The van der Waals surface area contributed by atoms with E-state index in [-0.39, 0.29) is 11.3 Å². The van der Waals surface area contributed by atoms with Crippen LogP contribution < -0.4 is 10.1 Å². The number of benzene rings is 2. The molecule has 1 aliphatic rings. The number of carbonyl (C=O) groups is 1. The van der Waals surface area contributed by atoms with E-state index >= 15 is 0 Å². The normalized spacial score (nSPS) is 15.5. The molecule has 0 atom stereocenters. The van der Waals surface area contributed by atoms with Gasteiger partial charge in [0.15, 0.2) is 0 Å². The molecular formula is C19H23NO2. The van der Waals surface area contributed by atoms with Gasteiger partial charge in [0.2, 0.25) is 5.91 Å². The number of rotatable bonds is 6. The minimum atomic E-state index is 0.0373. The van der Waals surface area contributed by atoms with Gasteiger partial charge in [-0.3, -0.25) is 4.79 Å². The predicted octanol–water partition coefficient (Wildman–Crippen LogP) is 3.80. The Morgan fingerprint density at radius 1 is 1.23 bits per heavy atom. The van der Waals surface area contributed by atoms with Crippen molar-refractivity contribution in [2.75, 3.05) is 13.7 Å². The fourth-order valence-corrected chi connectivity index (χ4v) is 3.22. The van der Waals surface area contributed by atoms with Crippen molar-refractivity contribution in [3.8, 4) is 5.75 Å². The van der Waals surface area contributed by atoms with Gasteiger partial charge < -0.3 is 10.1 Å². The highest BCUT2D eigenvalue weighted by molar-refractivity contribution is 5.89. The maximum atomic E-state index is 11.8. The average molecular weight is 297 g/mol. The molecule has 0 unspecified atom stereocenters. The number of nitrogens with one attached hydrogen (secondary N) is 1. The zero-order chi connectivity index (χ0) is 15.6. The summed E-state index contributed by atoms with van der Waals surface area (Å²) in [4.78, 5) is 11.8. The molecule has 0 heterocycles. The molecule has 0 aromatic heterocycles. The van der Waals surface area contributed by atoms with E-state index in [1.165, 1.54) is 16.3 Å². The molecule has 3 nitrogen and oxygen atoms in total. The molecule has 0 saturated heterocycles. The topological polar surface area (TPSA) is 38.3 Å². The van der Waals surface area contributed by atoms with Crippen LogP contribution in [0.1, 0.15) is 38.2 Å². The Bertz CT molecular complexity index is 689. The van der Waals surface area contributed by atoms with Crippen molar-refractivity contribution in [2.45, 2.75) is 38.0 Å². The Balaban J connectivity index is 1.96. The van der Waals surface area contributed by atoms with Crippen LogP contribution in [0.25, 0.3) is 10.8 Å². The highest BCUT2D eigenvalue weighted by Crippen LogP contribution is 2.53. The summed E-state index contributed by atoms with van der Waals surface area (Å²) in [5.41, 5.74) is 1.29. The molecule has 3 rings (SSSR count). The maximum Gasteiger partial charge on any atom is 0.220 e. The third-order valence-corrected chi connectivity index (χ3v) is 4.60. The van der Waals surface area contributed by atoms with Crippen LogP contribution in [0.2, 0.25) is 0 Å². The number of fused-ring (bicyclic) bond motifs is 1. The molecule has 1 aliphatic carbocycles. The van der Waals surface area contributed by atoms with E-state index < -0.39 is 0 Å². The van der Waals surface area contributed by atoms with E-state index in [1.807, 2.05) is 13.0 Å². The van der Waals surface area contributed by atoms with Gasteiger partial charge in [0.1, 0.15) is 5.75 Å². The lowest BCUT2D eigenvalue weighted by atomic mass is 9.89. The molecule has 2 aromatic rings. The van der Waals surface area contributed by atoms with Gasteiger partial charge in [-0.05, 0) is 36.1 Å². The molecule has 1 saturated carbocycles. The highest BCUT2D eigenvalue weighted by Gasteiger charge is 2.47. The van der Waals surface area contributed by atoms with Gasteiger partial charge in [0.05, 0.1) is 7.11 Å². The summed E-state index contributed by atoms with van der Waals surface area (Å²) in [6, 6.07) is 12.6. The standard InChI is InChI=1S/C19H23NO2/c1-3-6-17(21)20-13-19(11-12-19)18-15-8-5-4-7-14(15)9-10-16(18)22-2/h4-5,7-10H,3,6,11-13H2,1-2H3,(H,20,21). The second kappa shape index (κ2) is 5.99. The minimum Gasteiger partial charge on any atom is -0.496 e. The molecule has 116 valence electrons. The number of hydrogen-bond donors (Lipinski definition) is 1. The van der Waals surface area contributed by atoms with Gasteiger partial charge in [-0.2, -0.15) is 0 Å². The van der Waals surface area contributed by atoms with Crippen LogP contribution in [0, 0.1) is 0 Å². The first kappa shape index (κ1) is 14.9. The monoisotopic (exact) mass is 297 g/mol. The van der Waals surface area contributed by atoms with E-state index in [0.29, 0.717) is 13.0 Å². The van der Waals surface area contributed by atoms with E-state index in [2.05, 4.69) is 35.6 Å². The van der Waals surface area contributed by atoms with Gasteiger partial charge in [0, 0.05) is 23.9 Å². The molecular weight excluding hydrogens is 274 g/mol. The third-order valence-electron chi connectivity index (χ3n) is 4.60. The van der Waals surface area contributed by atoms with Gasteiger partial charge >= 0.3 is 0 Å². The lowest BCUT2D eigenvalue weighted by Gasteiger charge is -2.22. The van der Waals surface area contributed by atoms with Gasteiger partial charge in [-0.25, -0.2) is 0 Å². The SMILES string of the molecule is CCCC(=O)NCC1(c2c(OC)ccc3ccccc23)CC1. The molecule has 0 aliphatic heterocycles. The molecule has 0 spiro atoms. The Hall–Kier alpha value is -2.03. The fraction of sp³-hybridized carbons (Fsp3) is 0.421. The number of carbonyl (C=O) groups excluding carboxylic acids is 1. The second-order valence-electron chi connectivity index (χ2n) is 6.17. The van der Waals surface area contributed by atoms with Crippen LogP contribution in [0.15, 0.2) is 36.4 Å². The first-order valence-electron chi connectivity index (χ1n) is 8.03. The summed E-state index contributed by atoms with van der Waals surface area (Å²) in [5, 5.41) is 5.57. The van der Waals surface area contributed by atoms with Crippen molar-refractivity contribution in [1.82, 2.24) is 5.32 Å². The lowest BCUT2D eigenvalue weighted by molar-refractivity contribution is -0.121. The van der Waals surface area contributed by atoms with Gasteiger partial charge in [-0.1, -0.05) is 37.3 Å². The molecule has 22 heavy (non-hydrogen) atoms. The second-order valence-corrected chi connectivity index (χ2v) is 6.17. The molecule has 0 radical (unpaired) electrons. The van der Waals surface area contributed by atoms with E-state index in [0.717, 1.165) is 25.0 Å². The smallest absolute Gasteiger partial charge is 0.220 e. The molecule has 3 heteroatoms. The number of hydrogen-bond acceptors (Lipinski definition) is 2. The largest absolute Gasteiger partial charge is 0.496 e. The Kier molecular flexibility index (Phi) is 4.06. The van der Waals surface area contributed by atoms with Crippen LogP contribution in [-0.4, -0.2) is 19.6 Å². The summed E-state index contributed by atoms with van der Waals surface area (Å²) in [6.45, 7) is 2.73. The fourth-order valence-electron chi connectivity index (χ4n) is 3.22. The van der Waals surface area contributed by atoms with Crippen LogP contribution >= 0.6 is 0 Å². The van der Waals surface area contributed by atoms with E-state index in [1.54, 1.807) is 7.11 Å². The maximum absolute atomic E-state index is 11.8. The zero-order valence-electron chi connectivity index (χ0n) is 13.3. The summed E-state index contributed by atoms with van der Waals surface area (Å²) < 4.78 is 5.62. The molecule has 1 fully saturated rings. The Labute approximate surface area is 131 Å². The predicted molar refractivity (Wildman–Crippen MR) is 89.3 cm³/mol. The molecule has 1 N–H and O–H groups in total. The Morgan fingerprint density at radius 3 is 2.68 bits per heavy atom. The Morgan fingerprint density at radius 2 is 2.00 bits per heavy atom. The number of ether oxygens (including phenoxy) is 1. The summed E-state index contributed by atoms with van der Waals surface area (Å²) in [5.74, 6) is 1.08.